The van der Waals surface area contributed by atoms with Crippen LogP contribution in [0.15, 0.2) is 83.7 Å². The molecule has 0 aliphatic rings. The van der Waals surface area contributed by atoms with Gasteiger partial charge in [0.05, 0.1) is 23.6 Å². The number of carbonyl (C=O) groups is 1. The van der Waals surface area contributed by atoms with E-state index in [9.17, 15) is 14.7 Å². The number of rotatable bonds is 17. The summed E-state index contributed by atoms with van der Waals surface area (Å²) in [5, 5.41) is 13.4. The van der Waals surface area contributed by atoms with Crippen LogP contribution < -0.4 is 5.56 Å². The number of H-pyrrole nitrogens is 1. The Morgan fingerprint density at radius 2 is 1.43 bits per heavy atom. The normalized spacial score (nSPS) is 12.1. The number of aromatic amines is 1. The van der Waals surface area contributed by atoms with Gasteiger partial charge in [-0.05, 0) is 48.6 Å². The Hall–Kier alpha value is -4.32. The van der Waals surface area contributed by atoms with Crippen molar-refractivity contribution in [1.29, 1.82) is 0 Å². The van der Waals surface area contributed by atoms with Crippen LogP contribution in [0, 0.1) is 0 Å². The number of aromatic hydroxyl groups is 1. The molecule has 0 saturated heterocycles. The second kappa shape index (κ2) is 16.3. The lowest BCUT2D eigenvalue weighted by atomic mass is 9.85. The van der Waals surface area contributed by atoms with Gasteiger partial charge in [0.15, 0.2) is 0 Å². The second-order valence-corrected chi connectivity index (χ2v) is 12.5. The van der Waals surface area contributed by atoms with Crippen LogP contribution in [0.1, 0.15) is 106 Å². The van der Waals surface area contributed by atoms with Gasteiger partial charge >= 0.3 is 5.97 Å². The Morgan fingerprint density at radius 3 is 2.17 bits per heavy atom. The zero-order valence-corrected chi connectivity index (χ0v) is 27.4. The number of ether oxygens (including phenoxy) is 1. The van der Waals surface area contributed by atoms with E-state index in [1.807, 2.05) is 72.8 Å². The molecule has 0 radical (unpaired) electrons. The summed E-state index contributed by atoms with van der Waals surface area (Å²) in [6.45, 7) is 2.58. The van der Waals surface area contributed by atoms with Gasteiger partial charge < -0.3 is 19.4 Å². The van der Waals surface area contributed by atoms with Crippen molar-refractivity contribution in [3.8, 4) is 5.75 Å². The van der Waals surface area contributed by atoms with Crippen molar-refractivity contribution in [2.24, 2.45) is 7.05 Å². The molecule has 0 saturated carbocycles. The van der Waals surface area contributed by atoms with E-state index >= 15 is 0 Å². The van der Waals surface area contributed by atoms with Gasteiger partial charge in [0, 0.05) is 35.5 Å². The lowest BCUT2D eigenvalue weighted by molar-refractivity contribution is -0.143. The number of fused-ring (bicyclic) bond motifs is 2. The average Bonchev–Trinajstić information content (AvgIpc) is 3.45. The number of esters is 1. The summed E-state index contributed by atoms with van der Waals surface area (Å²) in [6.07, 6.45) is 12.7. The number of para-hydroxylation sites is 2. The van der Waals surface area contributed by atoms with Gasteiger partial charge in [-0.2, -0.15) is 0 Å². The van der Waals surface area contributed by atoms with Gasteiger partial charge in [-0.25, -0.2) is 0 Å². The fraction of sp³-hybridized carbons (Fsp3) is 0.400. The second-order valence-electron chi connectivity index (χ2n) is 12.5. The van der Waals surface area contributed by atoms with E-state index in [1.165, 1.54) is 44.9 Å². The fourth-order valence-corrected chi connectivity index (χ4v) is 6.71. The summed E-state index contributed by atoms with van der Waals surface area (Å²) in [6, 6.07) is 25.4. The highest BCUT2D eigenvalue weighted by Crippen LogP contribution is 2.41. The first kappa shape index (κ1) is 33.1. The van der Waals surface area contributed by atoms with E-state index in [0.29, 0.717) is 42.3 Å². The SMILES string of the molecule is CCCCCCCCCCCC(=O)OCCCc1c(C(c2ccccc2)c2c(O)c3ccccc3n(C)c2=O)[nH]c2ccccc12. The van der Waals surface area contributed by atoms with Gasteiger partial charge in [-0.1, -0.05) is 119 Å². The summed E-state index contributed by atoms with van der Waals surface area (Å²) < 4.78 is 7.27. The van der Waals surface area contributed by atoms with Crippen LogP contribution in [0.5, 0.6) is 5.75 Å². The first-order chi connectivity index (χ1) is 22.5. The summed E-state index contributed by atoms with van der Waals surface area (Å²) >= 11 is 0. The van der Waals surface area contributed by atoms with Crippen LogP contribution in [0.3, 0.4) is 0 Å². The quantitative estimate of drug-likeness (QED) is 0.0802. The minimum Gasteiger partial charge on any atom is -0.507 e. The van der Waals surface area contributed by atoms with Gasteiger partial charge in [0.2, 0.25) is 0 Å². The number of aromatic nitrogens is 2. The minimum absolute atomic E-state index is 0.00239. The summed E-state index contributed by atoms with van der Waals surface area (Å²) in [5.74, 6) is -0.655. The Labute approximate surface area is 272 Å². The maximum absolute atomic E-state index is 14.0. The number of nitrogens with one attached hydrogen (secondary N) is 1. The molecule has 2 N–H and O–H groups in total. The van der Waals surface area contributed by atoms with Crippen molar-refractivity contribution in [1.82, 2.24) is 9.55 Å². The molecule has 0 amide bonds. The number of carbonyl (C=O) groups excluding carboxylic acids is 1. The van der Waals surface area contributed by atoms with Crippen LogP contribution in [-0.4, -0.2) is 27.2 Å². The molecule has 0 fully saturated rings. The van der Waals surface area contributed by atoms with Crippen LogP contribution in [-0.2, 0) is 23.0 Å². The monoisotopic (exact) mass is 620 g/mol. The molecule has 242 valence electrons. The van der Waals surface area contributed by atoms with Crippen molar-refractivity contribution in [2.75, 3.05) is 6.61 Å². The number of nitrogens with zero attached hydrogens (tertiary/aromatic N) is 1. The molecular weight excluding hydrogens is 572 g/mol. The lowest BCUT2D eigenvalue weighted by Gasteiger charge is -2.22. The molecule has 0 spiro atoms. The van der Waals surface area contributed by atoms with Gasteiger partial charge in [-0.3, -0.25) is 9.59 Å². The maximum Gasteiger partial charge on any atom is 0.305 e. The third-order valence-electron chi connectivity index (χ3n) is 9.19. The summed E-state index contributed by atoms with van der Waals surface area (Å²) in [5.41, 5.74) is 4.60. The summed E-state index contributed by atoms with van der Waals surface area (Å²) in [4.78, 5) is 30.1. The van der Waals surface area contributed by atoms with Gasteiger partial charge in [-0.15, -0.1) is 0 Å². The molecule has 5 rings (SSSR count). The Balaban J connectivity index is 1.33. The van der Waals surface area contributed by atoms with Crippen molar-refractivity contribution < 1.29 is 14.6 Å². The minimum atomic E-state index is -0.527. The van der Waals surface area contributed by atoms with Crippen LogP contribution in [0.25, 0.3) is 21.8 Å². The summed E-state index contributed by atoms with van der Waals surface area (Å²) in [7, 11) is 1.75. The number of hydrogen-bond donors (Lipinski definition) is 2. The van der Waals surface area contributed by atoms with E-state index in [1.54, 1.807) is 11.6 Å². The zero-order valence-electron chi connectivity index (χ0n) is 27.4. The smallest absolute Gasteiger partial charge is 0.305 e. The Bertz CT molecular complexity index is 1790. The standard InChI is InChI=1S/C40H48N2O4/c1-3-4-5-6-7-8-9-10-14-27-35(43)46-28-19-24-31-30-22-15-17-25-33(30)41-38(31)36(29-20-12-11-13-21-29)37-39(44)32-23-16-18-26-34(32)42(2)40(37)45/h11-13,15-18,20-23,25-26,36,41,44H,3-10,14,19,24,27-28H2,1-2H3. The third kappa shape index (κ3) is 7.72. The molecule has 6 nitrogen and oxygen atoms in total. The molecular formula is C40H48N2O4. The van der Waals surface area contributed by atoms with E-state index in [0.717, 1.165) is 40.6 Å². The molecule has 2 heterocycles. The zero-order chi connectivity index (χ0) is 32.3. The van der Waals surface area contributed by atoms with Crippen molar-refractivity contribution in [3.63, 3.8) is 0 Å². The predicted molar refractivity (Wildman–Crippen MR) is 188 cm³/mol. The predicted octanol–water partition coefficient (Wildman–Crippen LogP) is 9.30. The van der Waals surface area contributed by atoms with Crippen LogP contribution in [0.2, 0.25) is 0 Å². The number of benzene rings is 3. The van der Waals surface area contributed by atoms with Crippen molar-refractivity contribution in [3.05, 3.63) is 112 Å². The Morgan fingerprint density at radius 1 is 0.804 bits per heavy atom. The fourth-order valence-electron chi connectivity index (χ4n) is 6.71. The van der Waals surface area contributed by atoms with Gasteiger partial charge in [0.1, 0.15) is 5.75 Å². The molecule has 6 heteroatoms. The first-order valence-electron chi connectivity index (χ1n) is 17.1. The maximum atomic E-state index is 14.0. The Kier molecular flexibility index (Phi) is 11.7. The topological polar surface area (TPSA) is 84.3 Å². The number of unbranched alkanes of at least 4 members (excludes halogenated alkanes) is 8. The highest BCUT2D eigenvalue weighted by Gasteiger charge is 2.30. The molecule has 1 unspecified atom stereocenters. The van der Waals surface area contributed by atoms with Crippen LogP contribution in [0.4, 0.5) is 0 Å². The largest absolute Gasteiger partial charge is 0.507 e. The number of hydrogen-bond acceptors (Lipinski definition) is 4. The third-order valence-corrected chi connectivity index (χ3v) is 9.19. The molecule has 2 aromatic heterocycles. The lowest BCUT2D eigenvalue weighted by Crippen LogP contribution is -2.25. The number of aryl methyl sites for hydroxylation is 2. The van der Waals surface area contributed by atoms with E-state index in [2.05, 4.69) is 18.0 Å². The highest BCUT2D eigenvalue weighted by molar-refractivity contribution is 5.88. The van der Waals surface area contributed by atoms with Crippen molar-refractivity contribution in [2.45, 2.75) is 89.9 Å². The molecule has 0 bridgehead atoms. The molecule has 46 heavy (non-hydrogen) atoms. The van der Waals surface area contributed by atoms with Gasteiger partial charge in [0.25, 0.3) is 5.56 Å². The van der Waals surface area contributed by atoms with E-state index < -0.39 is 5.92 Å². The molecule has 0 aliphatic heterocycles. The molecule has 3 aromatic carbocycles. The molecule has 0 aliphatic carbocycles. The van der Waals surface area contributed by atoms with Crippen molar-refractivity contribution >= 4 is 27.8 Å². The van der Waals surface area contributed by atoms with E-state index in [-0.39, 0.29) is 17.3 Å². The highest BCUT2D eigenvalue weighted by atomic mass is 16.5. The molecule has 5 aromatic rings. The van der Waals surface area contributed by atoms with E-state index in [4.69, 9.17) is 4.74 Å². The average molecular weight is 621 g/mol. The van der Waals surface area contributed by atoms with Crippen LogP contribution >= 0.6 is 0 Å². The number of pyridine rings is 1. The molecule has 1 atom stereocenters. The first-order valence-corrected chi connectivity index (χ1v) is 17.1.